The van der Waals surface area contributed by atoms with E-state index in [0.29, 0.717) is 0 Å². The van der Waals surface area contributed by atoms with Crippen LogP contribution in [0.15, 0.2) is 22.7 Å². The molecule has 80 valence electrons. The second-order valence-corrected chi connectivity index (χ2v) is 4.59. The highest BCUT2D eigenvalue weighted by Crippen LogP contribution is 2.20. The summed E-state index contributed by atoms with van der Waals surface area (Å²) in [7, 11) is 0. The molecule has 0 aliphatic heterocycles. The number of H-pyrrole nitrogens is 1. The Morgan fingerprint density at radius 3 is 3.07 bits per heavy atom. The minimum atomic E-state index is 0.0150. The highest BCUT2D eigenvalue weighted by molar-refractivity contribution is 9.10. The molecule has 0 saturated heterocycles. The molecule has 0 aliphatic rings. The molecule has 0 bridgehead atoms. The fourth-order valence-electron chi connectivity index (χ4n) is 1.62. The van der Waals surface area contributed by atoms with Crippen LogP contribution in [0.3, 0.4) is 0 Å². The molecule has 3 N–H and O–H groups in total. The maximum atomic E-state index is 6.00. The van der Waals surface area contributed by atoms with Crippen molar-refractivity contribution in [2.45, 2.75) is 25.8 Å². The first kappa shape index (κ1) is 10.6. The summed E-state index contributed by atoms with van der Waals surface area (Å²) in [6.45, 7) is 2.12. The first-order valence-electron chi connectivity index (χ1n) is 5.11. The van der Waals surface area contributed by atoms with E-state index in [1.807, 2.05) is 18.2 Å². The lowest BCUT2D eigenvalue weighted by Crippen LogP contribution is -2.11. The Morgan fingerprint density at radius 1 is 1.53 bits per heavy atom. The van der Waals surface area contributed by atoms with Crippen LogP contribution >= 0.6 is 15.9 Å². The van der Waals surface area contributed by atoms with Gasteiger partial charge in [-0.2, -0.15) is 0 Å². The predicted octanol–water partition coefficient (Wildman–Crippen LogP) is 3.13. The van der Waals surface area contributed by atoms with Crippen LogP contribution in [0, 0.1) is 0 Å². The van der Waals surface area contributed by atoms with Crippen LogP contribution in [-0.4, -0.2) is 9.97 Å². The predicted molar refractivity (Wildman–Crippen MR) is 65.6 cm³/mol. The monoisotopic (exact) mass is 267 g/mol. The van der Waals surface area contributed by atoms with E-state index < -0.39 is 0 Å². The van der Waals surface area contributed by atoms with Crippen LogP contribution in [0.25, 0.3) is 11.0 Å². The molecule has 1 unspecified atom stereocenters. The number of rotatable bonds is 3. The van der Waals surface area contributed by atoms with Gasteiger partial charge in [-0.1, -0.05) is 29.3 Å². The molecule has 15 heavy (non-hydrogen) atoms. The van der Waals surface area contributed by atoms with Crippen LogP contribution in [0.1, 0.15) is 31.6 Å². The van der Waals surface area contributed by atoms with Gasteiger partial charge >= 0.3 is 0 Å². The van der Waals surface area contributed by atoms with Crippen molar-refractivity contribution in [1.82, 2.24) is 9.97 Å². The zero-order chi connectivity index (χ0) is 10.8. The molecular weight excluding hydrogens is 254 g/mol. The van der Waals surface area contributed by atoms with Crippen molar-refractivity contribution < 1.29 is 0 Å². The Hall–Kier alpha value is -0.870. The van der Waals surface area contributed by atoms with Crippen LogP contribution in [0.5, 0.6) is 0 Å². The van der Waals surface area contributed by atoms with Gasteiger partial charge in [-0.25, -0.2) is 4.98 Å². The SMILES string of the molecule is CCCC(N)c1nc2ccc(Br)cc2[nH]1. The number of aromatic amines is 1. The maximum Gasteiger partial charge on any atom is 0.124 e. The van der Waals surface area contributed by atoms with Gasteiger partial charge in [-0.05, 0) is 24.6 Å². The minimum Gasteiger partial charge on any atom is -0.341 e. The Labute approximate surface area is 97.2 Å². The van der Waals surface area contributed by atoms with E-state index in [-0.39, 0.29) is 6.04 Å². The van der Waals surface area contributed by atoms with Crippen molar-refractivity contribution in [1.29, 1.82) is 0 Å². The van der Waals surface area contributed by atoms with Gasteiger partial charge in [0.05, 0.1) is 17.1 Å². The van der Waals surface area contributed by atoms with Gasteiger partial charge in [0.15, 0.2) is 0 Å². The number of hydrogen-bond donors (Lipinski definition) is 2. The van der Waals surface area contributed by atoms with Crippen LogP contribution in [0.4, 0.5) is 0 Å². The molecule has 1 aromatic heterocycles. The normalized spacial score (nSPS) is 13.3. The molecule has 0 saturated carbocycles. The summed E-state index contributed by atoms with van der Waals surface area (Å²) in [5, 5.41) is 0. The van der Waals surface area contributed by atoms with Crippen LogP contribution in [0.2, 0.25) is 0 Å². The van der Waals surface area contributed by atoms with Crippen molar-refractivity contribution in [2.75, 3.05) is 0 Å². The summed E-state index contributed by atoms with van der Waals surface area (Å²) in [6, 6.07) is 6.00. The van der Waals surface area contributed by atoms with Crippen molar-refractivity contribution >= 4 is 27.0 Å². The first-order valence-corrected chi connectivity index (χ1v) is 5.90. The van der Waals surface area contributed by atoms with Gasteiger partial charge in [-0.15, -0.1) is 0 Å². The summed E-state index contributed by atoms with van der Waals surface area (Å²) in [5.41, 5.74) is 8.01. The van der Waals surface area contributed by atoms with Gasteiger partial charge in [0.1, 0.15) is 5.82 Å². The average Bonchev–Trinajstić information content (AvgIpc) is 2.60. The fraction of sp³-hybridized carbons (Fsp3) is 0.364. The lowest BCUT2D eigenvalue weighted by molar-refractivity contribution is 0.610. The van der Waals surface area contributed by atoms with Crippen LogP contribution < -0.4 is 5.73 Å². The summed E-state index contributed by atoms with van der Waals surface area (Å²) in [4.78, 5) is 7.73. The largest absolute Gasteiger partial charge is 0.341 e. The topological polar surface area (TPSA) is 54.7 Å². The lowest BCUT2D eigenvalue weighted by atomic mass is 10.2. The molecule has 1 atom stereocenters. The number of fused-ring (bicyclic) bond motifs is 1. The summed E-state index contributed by atoms with van der Waals surface area (Å²) >= 11 is 3.43. The van der Waals surface area contributed by atoms with Gasteiger partial charge < -0.3 is 10.7 Å². The molecule has 0 amide bonds. The number of nitrogens with one attached hydrogen (secondary N) is 1. The fourth-order valence-corrected chi connectivity index (χ4v) is 1.99. The quantitative estimate of drug-likeness (QED) is 0.898. The van der Waals surface area contributed by atoms with Crippen molar-refractivity contribution in [3.8, 4) is 0 Å². The van der Waals surface area contributed by atoms with E-state index in [1.165, 1.54) is 0 Å². The maximum absolute atomic E-state index is 6.00. The number of halogens is 1. The van der Waals surface area contributed by atoms with E-state index in [4.69, 9.17) is 5.73 Å². The van der Waals surface area contributed by atoms with E-state index >= 15 is 0 Å². The third-order valence-corrected chi connectivity index (χ3v) is 2.91. The molecule has 2 rings (SSSR count). The Bertz CT molecular complexity index is 464. The molecule has 1 heterocycles. The van der Waals surface area contributed by atoms with Gasteiger partial charge in [0.25, 0.3) is 0 Å². The number of aromatic nitrogens is 2. The molecule has 0 radical (unpaired) electrons. The minimum absolute atomic E-state index is 0.0150. The Morgan fingerprint density at radius 2 is 2.33 bits per heavy atom. The Kier molecular flexibility index (Phi) is 3.07. The van der Waals surface area contributed by atoms with E-state index in [9.17, 15) is 0 Å². The molecule has 0 spiro atoms. The second kappa shape index (κ2) is 4.33. The van der Waals surface area contributed by atoms with E-state index in [1.54, 1.807) is 0 Å². The van der Waals surface area contributed by atoms with Gasteiger partial charge in [0, 0.05) is 4.47 Å². The third kappa shape index (κ3) is 2.21. The number of hydrogen-bond acceptors (Lipinski definition) is 2. The molecule has 0 fully saturated rings. The van der Waals surface area contributed by atoms with Crippen molar-refractivity contribution in [3.05, 3.63) is 28.5 Å². The van der Waals surface area contributed by atoms with Gasteiger partial charge in [0.2, 0.25) is 0 Å². The highest BCUT2D eigenvalue weighted by Gasteiger charge is 2.09. The van der Waals surface area contributed by atoms with E-state index in [2.05, 4.69) is 32.8 Å². The summed E-state index contributed by atoms with van der Waals surface area (Å²) < 4.78 is 1.05. The second-order valence-electron chi connectivity index (χ2n) is 3.68. The Balaban J connectivity index is 2.38. The molecule has 1 aromatic carbocycles. The first-order chi connectivity index (χ1) is 7.20. The summed E-state index contributed by atoms with van der Waals surface area (Å²) in [6.07, 6.45) is 2.03. The van der Waals surface area contributed by atoms with Crippen molar-refractivity contribution in [2.24, 2.45) is 5.73 Å². The molecular formula is C11H14BrN3. The summed E-state index contributed by atoms with van der Waals surface area (Å²) in [5.74, 6) is 0.880. The zero-order valence-corrected chi connectivity index (χ0v) is 10.2. The number of benzene rings is 1. The molecule has 2 aromatic rings. The number of nitrogens with zero attached hydrogens (tertiary/aromatic N) is 1. The zero-order valence-electron chi connectivity index (χ0n) is 8.63. The smallest absolute Gasteiger partial charge is 0.124 e. The molecule has 3 nitrogen and oxygen atoms in total. The van der Waals surface area contributed by atoms with Crippen LogP contribution in [-0.2, 0) is 0 Å². The number of nitrogens with two attached hydrogens (primary N) is 1. The van der Waals surface area contributed by atoms with Gasteiger partial charge in [-0.3, -0.25) is 0 Å². The molecule has 4 heteroatoms. The highest BCUT2D eigenvalue weighted by atomic mass is 79.9. The average molecular weight is 268 g/mol. The van der Waals surface area contributed by atoms with E-state index in [0.717, 1.165) is 34.2 Å². The number of imidazole rings is 1. The third-order valence-electron chi connectivity index (χ3n) is 2.41. The molecule has 0 aliphatic carbocycles. The van der Waals surface area contributed by atoms with Crippen molar-refractivity contribution in [3.63, 3.8) is 0 Å². The standard InChI is InChI=1S/C11H14BrN3/c1-2-3-8(13)11-14-9-5-4-7(12)6-10(9)15-11/h4-6,8H,2-3,13H2,1H3,(H,14,15). The lowest BCUT2D eigenvalue weighted by Gasteiger charge is -2.04.